The Morgan fingerprint density at radius 1 is 1.30 bits per heavy atom. The number of nitrogens with zero attached hydrogens (tertiary/aromatic N) is 3. The fourth-order valence-corrected chi connectivity index (χ4v) is 4.28. The van der Waals surface area contributed by atoms with Gasteiger partial charge in [-0.25, -0.2) is 0 Å². The zero-order valence-corrected chi connectivity index (χ0v) is 15.7. The number of amides is 1. The topological polar surface area (TPSA) is 101 Å². The van der Waals surface area contributed by atoms with Gasteiger partial charge in [-0.3, -0.25) is 9.78 Å². The number of ether oxygens (including phenoxy) is 2. The number of aromatic nitrogens is 1. The number of benzene rings is 1. The molecule has 1 aliphatic heterocycles. The summed E-state index contributed by atoms with van der Waals surface area (Å²) in [6, 6.07) is 9.21. The van der Waals surface area contributed by atoms with Crippen LogP contribution in [-0.4, -0.2) is 25.1 Å². The van der Waals surface area contributed by atoms with Crippen molar-refractivity contribution in [3.63, 3.8) is 0 Å². The lowest BCUT2D eigenvalue weighted by Gasteiger charge is -2.38. The fourth-order valence-electron chi connectivity index (χ4n) is 3.10. The minimum Gasteiger partial charge on any atom is -0.493 e. The first-order valence-corrected chi connectivity index (χ1v) is 8.92. The largest absolute Gasteiger partial charge is 0.493 e. The molecule has 1 amide bonds. The maximum absolute atomic E-state index is 11.9. The Labute approximate surface area is 161 Å². The van der Waals surface area contributed by atoms with Crippen LogP contribution in [0.3, 0.4) is 0 Å². The minimum atomic E-state index is -0.819. The summed E-state index contributed by atoms with van der Waals surface area (Å²) < 4.78 is 10.7. The van der Waals surface area contributed by atoms with E-state index in [0.29, 0.717) is 22.7 Å². The molecule has 1 aromatic carbocycles. The van der Waals surface area contributed by atoms with Crippen molar-refractivity contribution >= 4 is 23.4 Å². The Balaban J connectivity index is 2.21. The van der Waals surface area contributed by atoms with Gasteiger partial charge in [0.2, 0.25) is 5.91 Å². The highest BCUT2D eigenvalue weighted by molar-refractivity contribution is 8.03. The van der Waals surface area contributed by atoms with Gasteiger partial charge < -0.3 is 20.1 Å². The van der Waals surface area contributed by atoms with E-state index in [1.54, 1.807) is 24.5 Å². The summed E-state index contributed by atoms with van der Waals surface area (Å²) in [6.45, 7) is 0. The molecule has 1 aliphatic rings. The summed E-state index contributed by atoms with van der Waals surface area (Å²) in [5.74, 6) is 0.490. The van der Waals surface area contributed by atoms with Crippen LogP contribution in [0, 0.1) is 11.3 Å². The third-order valence-electron chi connectivity index (χ3n) is 4.29. The Bertz CT molecular complexity index is 927. The Kier molecular flexibility index (Phi) is 5.23. The molecule has 0 saturated carbocycles. The van der Waals surface area contributed by atoms with Crippen molar-refractivity contribution in [2.24, 2.45) is 5.73 Å². The number of nitrogens with two attached hydrogens (primary N) is 1. The van der Waals surface area contributed by atoms with Crippen LogP contribution < -0.4 is 20.1 Å². The molecule has 27 heavy (non-hydrogen) atoms. The molecule has 1 atom stereocenters. The average Bonchev–Trinajstić information content (AvgIpc) is 3.11. The molecule has 8 heteroatoms. The highest BCUT2D eigenvalue weighted by Gasteiger charge is 2.43. The summed E-state index contributed by atoms with van der Waals surface area (Å²) in [5, 5.41) is 11.6. The van der Waals surface area contributed by atoms with E-state index in [2.05, 4.69) is 11.1 Å². The molecule has 138 valence electrons. The normalized spacial score (nSPS) is 18.2. The van der Waals surface area contributed by atoms with Crippen LogP contribution in [0.15, 0.2) is 48.3 Å². The number of methoxy groups -OCH3 is 2. The van der Waals surface area contributed by atoms with E-state index in [-0.39, 0.29) is 6.42 Å². The number of hydrogen-bond donors (Lipinski definition) is 1. The van der Waals surface area contributed by atoms with Crippen molar-refractivity contribution in [2.75, 3.05) is 19.1 Å². The maximum Gasteiger partial charge on any atom is 0.221 e. The van der Waals surface area contributed by atoms with E-state index >= 15 is 0 Å². The van der Waals surface area contributed by atoms with Crippen LogP contribution in [0.2, 0.25) is 0 Å². The van der Waals surface area contributed by atoms with Gasteiger partial charge in [0.15, 0.2) is 11.5 Å². The number of carbonyl (C=O) groups is 1. The molecule has 0 fully saturated rings. The van der Waals surface area contributed by atoms with E-state index < -0.39 is 10.8 Å². The van der Waals surface area contributed by atoms with Crippen LogP contribution in [0.1, 0.15) is 17.5 Å². The highest BCUT2D eigenvalue weighted by Crippen LogP contribution is 2.51. The second-order valence-corrected chi connectivity index (χ2v) is 6.96. The zero-order valence-electron chi connectivity index (χ0n) is 14.9. The van der Waals surface area contributed by atoms with Crippen molar-refractivity contribution in [3.05, 3.63) is 59.4 Å². The fraction of sp³-hybridized carbons (Fsp3) is 0.211. The second kappa shape index (κ2) is 7.60. The van der Waals surface area contributed by atoms with Gasteiger partial charge >= 0.3 is 0 Å². The van der Waals surface area contributed by atoms with E-state index in [4.69, 9.17) is 15.2 Å². The number of thioether (sulfide) groups is 1. The third-order valence-corrected chi connectivity index (χ3v) is 5.51. The number of hydrogen-bond acceptors (Lipinski definition) is 7. The number of anilines is 1. The quantitative estimate of drug-likeness (QED) is 0.819. The van der Waals surface area contributed by atoms with E-state index in [0.717, 1.165) is 5.56 Å². The summed E-state index contributed by atoms with van der Waals surface area (Å²) in [7, 11) is 3.04. The molecule has 0 spiro atoms. The van der Waals surface area contributed by atoms with Crippen molar-refractivity contribution < 1.29 is 14.3 Å². The summed E-state index contributed by atoms with van der Waals surface area (Å²) >= 11 is 1.45. The zero-order chi connectivity index (χ0) is 19.4. The number of carbonyl (C=O) groups excluding carboxylic acids is 1. The third kappa shape index (κ3) is 3.29. The molecule has 0 aliphatic carbocycles. The van der Waals surface area contributed by atoms with E-state index in [9.17, 15) is 10.1 Å². The Hall–Kier alpha value is -3.18. The van der Waals surface area contributed by atoms with Gasteiger partial charge in [0.1, 0.15) is 10.9 Å². The van der Waals surface area contributed by atoms with Gasteiger partial charge in [-0.05, 0) is 23.1 Å². The van der Waals surface area contributed by atoms with E-state index in [1.807, 2.05) is 28.6 Å². The van der Waals surface area contributed by atoms with Crippen molar-refractivity contribution in [2.45, 2.75) is 11.3 Å². The molecular formula is C19H18N4O3S. The number of nitriles is 1. The predicted octanol–water partition coefficient (Wildman–Crippen LogP) is 2.72. The first-order valence-electron chi connectivity index (χ1n) is 8.04. The van der Waals surface area contributed by atoms with Crippen LogP contribution in [0.5, 0.6) is 11.5 Å². The summed E-state index contributed by atoms with van der Waals surface area (Å²) in [4.78, 5) is 17.0. The molecular weight excluding hydrogens is 364 g/mol. The lowest BCUT2D eigenvalue weighted by atomic mass is 10.00. The monoisotopic (exact) mass is 382 g/mol. The molecule has 3 rings (SSSR count). The molecule has 0 bridgehead atoms. The summed E-state index contributed by atoms with van der Waals surface area (Å²) in [6.07, 6.45) is 5.20. The molecule has 2 aromatic rings. The molecule has 1 aromatic heterocycles. The SMILES string of the molecule is COc1cc(C#N)c(N2C=CSC2(CC(N)=O)c2ccncc2)cc1OC. The predicted molar refractivity (Wildman–Crippen MR) is 103 cm³/mol. The lowest BCUT2D eigenvalue weighted by Crippen LogP contribution is -2.41. The molecule has 0 radical (unpaired) electrons. The number of primary amides is 1. The highest BCUT2D eigenvalue weighted by atomic mass is 32.2. The van der Waals surface area contributed by atoms with Crippen LogP contribution in [0.25, 0.3) is 0 Å². The Morgan fingerprint density at radius 2 is 1.96 bits per heavy atom. The lowest BCUT2D eigenvalue weighted by molar-refractivity contribution is -0.118. The molecule has 7 nitrogen and oxygen atoms in total. The smallest absolute Gasteiger partial charge is 0.221 e. The summed E-state index contributed by atoms with van der Waals surface area (Å²) in [5.41, 5.74) is 7.41. The minimum absolute atomic E-state index is 0.0495. The Morgan fingerprint density at radius 3 is 2.56 bits per heavy atom. The van der Waals surface area contributed by atoms with Gasteiger partial charge in [0.25, 0.3) is 0 Å². The number of rotatable bonds is 6. The van der Waals surface area contributed by atoms with Crippen LogP contribution in [-0.2, 0) is 9.67 Å². The first kappa shape index (κ1) is 18.6. The van der Waals surface area contributed by atoms with Gasteiger partial charge in [-0.2, -0.15) is 5.26 Å². The first-order chi connectivity index (χ1) is 13.1. The van der Waals surface area contributed by atoms with Crippen molar-refractivity contribution in [3.8, 4) is 17.6 Å². The van der Waals surface area contributed by atoms with Crippen molar-refractivity contribution in [1.82, 2.24) is 4.98 Å². The van der Waals surface area contributed by atoms with Gasteiger partial charge in [-0.1, -0.05) is 11.8 Å². The average molecular weight is 382 g/mol. The van der Waals surface area contributed by atoms with Gasteiger partial charge in [-0.15, -0.1) is 0 Å². The van der Waals surface area contributed by atoms with Crippen LogP contribution >= 0.6 is 11.8 Å². The van der Waals surface area contributed by atoms with Crippen molar-refractivity contribution in [1.29, 1.82) is 5.26 Å². The molecule has 0 saturated heterocycles. The molecule has 1 unspecified atom stereocenters. The second-order valence-electron chi connectivity index (χ2n) is 5.77. The molecule has 2 heterocycles. The van der Waals surface area contributed by atoms with Gasteiger partial charge in [0.05, 0.1) is 31.9 Å². The molecule has 2 N–H and O–H groups in total. The standard InChI is InChI=1S/C19H18N4O3S/c1-25-16-9-13(12-20)15(10-17(16)26-2)23-7-8-27-19(23,11-18(21)24)14-3-5-22-6-4-14/h3-10H,11H2,1-2H3,(H2,21,24). The maximum atomic E-state index is 11.9. The van der Waals surface area contributed by atoms with E-state index in [1.165, 1.54) is 26.0 Å². The van der Waals surface area contributed by atoms with Crippen LogP contribution in [0.4, 0.5) is 5.69 Å². The number of pyridine rings is 1. The van der Waals surface area contributed by atoms with Gasteiger partial charge in [0, 0.05) is 30.7 Å².